The maximum atomic E-state index is 3.78. The predicted molar refractivity (Wildman–Crippen MR) is 80.8 cm³/mol. The summed E-state index contributed by atoms with van der Waals surface area (Å²) < 4.78 is 0. The summed E-state index contributed by atoms with van der Waals surface area (Å²) in [5.74, 6) is 4.67. The van der Waals surface area contributed by atoms with Gasteiger partial charge in [0.2, 0.25) is 0 Å². The Bertz CT molecular complexity index is 178. The molecule has 0 amide bonds. The number of hydrogen-bond acceptors (Lipinski definition) is 2. The van der Waals surface area contributed by atoms with Gasteiger partial charge in [0.15, 0.2) is 0 Å². The van der Waals surface area contributed by atoms with E-state index in [4.69, 9.17) is 0 Å². The van der Waals surface area contributed by atoms with E-state index in [9.17, 15) is 0 Å². The Morgan fingerprint density at radius 3 is 2.53 bits per heavy atom. The molecule has 1 nitrogen and oxygen atoms in total. The van der Waals surface area contributed by atoms with Crippen molar-refractivity contribution in [3.8, 4) is 0 Å². The number of rotatable bonds is 8. The Morgan fingerprint density at radius 2 is 1.94 bits per heavy atom. The van der Waals surface area contributed by atoms with Gasteiger partial charge in [-0.25, -0.2) is 0 Å². The zero-order chi connectivity index (χ0) is 12.5. The molecule has 0 bridgehead atoms. The molecule has 0 radical (unpaired) electrons. The van der Waals surface area contributed by atoms with E-state index in [1.54, 1.807) is 0 Å². The molecule has 1 N–H and O–H groups in total. The molecule has 17 heavy (non-hydrogen) atoms. The number of thioether (sulfide) groups is 1. The average molecular weight is 257 g/mol. The molecule has 0 saturated carbocycles. The van der Waals surface area contributed by atoms with E-state index in [-0.39, 0.29) is 0 Å². The highest BCUT2D eigenvalue weighted by atomic mass is 32.2. The van der Waals surface area contributed by atoms with E-state index in [0.29, 0.717) is 0 Å². The van der Waals surface area contributed by atoms with E-state index in [1.807, 2.05) is 0 Å². The summed E-state index contributed by atoms with van der Waals surface area (Å²) in [6.45, 7) is 8.18. The van der Waals surface area contributed by atoms with Crippen LogP contribution < -0.4 is 5.32 Å². The summed E-state index contributed by atoms with van der Waals surface area (Å²) in [5, 5.41) is 3.78. The van der Waals surface area contributed by atoms with Crippen molar-refractivity contribution in [1.82, 2.24) is 5.32 Å². The zero-order valence-corrected chi connectivity index (χ0v) is 12.8. The van der Waals surface area contributed by atoms with Crippen LogP contribution in [-0.2, 0) is 0 Å². The molecule has 1 aliphatic rings. The van der Waals surface area contributed by atoms with Crippen LogP contribution in [0, 0.1) is 11.8 Å². The predicted octanol–water partition coefficient (Wildman–Crippen LogP) is 4.32. The molecule has 0 aromatic rings. The topological polar surface area (TPSA) is 12.0 Å². The van der Waals surface area contributed by atoms with Gasteiger partial charge in [0.1, 0.15) is 0 Å². The van der Waals surface area contributed by atoms with Crippen molar-refractivity contribution in [2.24, 2.45) is 11.8 Å². The van der Waals surface area contributed by atoms with Crippen LogP contribution in [0.3, 0.4) is 0 Å². The maximum Gasteiger partial charge on any atom is 0.00722 e. The highest BCUT2D eigenvalue weighted by Gasteiger charge is 2.19. The fourth-order valence-corrected chi connectivity index (χ4v) is 3.85. The van der Waals surface area contributed by atoms with Crippen molar-refractivity contribution in [2.75, 3.05) is 18.1 Å². The fraction of sp³-hybridized carbons (Fsp3) is 1.00. The summed E-state index contributed by atoms with van der Waals surface area (Å²) in [6.07, 6.45) is 8.29. The van der Waals surface area contributed by atoms with Gasteiger partial charge in [-0.05, 0) is 62.0 Å². The van der Waals surface area contributed by atoms with E-state index in [1.165, 1.54) is 56.6 Å². The Balaban J connectivity index is 2.32. The van der Waals surface area contributed by atoms with Gasteiger partial charge >= 0.3 is 0 Å². The third-order valence-electron chi connectivity index (χ3n) is 4.03. The second-order valence-electron chi connectivity index (χ2n) is 5.69. The molecule has 1 heterocycles. The molecule has 102 valence electrons. The molecular weight excluding hydrogens is 226 g/mol. The van der Waals surface area contributed by atoms with Gasteiger partial charge in [-0.15, -0.1) is 0 Å². The van der Waals surface area contributed by atoms with Crippen molar-refractivity contribution in [2.45, 2.75) is 65.3 Å². The molecule has 2 atom stereocenters. The third-order valence-corrected chi connectivity index (χ3v) is 5.07. The van der Waals surface area contributed by atoms with Gasteiger partial charge in [-0.1, -0.05) is 27.2 Å². The first-order valence-electron chi connectivity index (χ1n) is 7.57. The van der Waals surface area contributed by atoms with E-state index in [2.05, 4.69) is 37.8 Å². The van der Waals surface area contributed by atoms with Crippen LogP contribution in [0.5, 0.6) is 0 Å². The highest BCUT2D eigenvalue weighted by molar-refractivity contribution is 7.99. The largest absolute Gasteiger partial charge is 0.314 e. The van der Waals surface area contributed by atoms with Gasteiger partial charge in [0.25, 0.3) is 0 Å². The van der Waals surface area contributed by atoms with Crippen molar-refractivity contribution in [1.29, 1.82) is 0 Å². The molecule has 0 aromatic carbocycles. The van der Waals surface area contributed by atoms with Crippen LogP contribution >= 0.6 is 11.8 Å². The van der Waals surface area contributed by atoms with Crippen LogP contribution in [-0.4, -0.2) is 24.1 Å². The molecule has 0 spiro atoms. The molecule has 1 fully saturated rings. The molecule has 0 aromatic heterocycles. The molecular formula is C15H31NS. The summed E-state index contributed by atoms with van der Waals surface area (Å²) in [7, 11) is 0. The van der Waals surface area contributed by atoms with Crippen LogP contribution in [0.1, 0.15) is 59.3 Å². The first kappa shape index (κ1) is 15.4. The maximum absolute atomic E-state index is 3.78. The first-order valence-corrected chi connectivity index (χ1v) is 8.72. The molecule has 2 unspecified atom stereocenters. The second-order valence-corrected chi connectivity index (χ2v) is 6.92. The molecule has 1 rings (SSSR count). The Labute approximate surface area is 113 Å². The molecule has 1 saturated heterocycles. The fourth-order valence-electron chi connectivity index (χ4n) is 2.65. The monoisotopic (exact) mass is 257 g/mol. The summed E-state index contributed by atoms with van der Waals surface area (Å²) in [6, 6.07) is 0.776. The van der Waals surface area contributed by atoms with Gasteiger partial charge in [-0.2, -0.15) is 11.8 Å². The lowest BCUT2D eigenvalue weighted by atomic mass is 9.89. The van der Waals surface area contributed by atoms with E-state index in [0.717, 1.165) is 17.9 Å². The van der Waals surface area contributed by atoms with Crippen LogP contribution in [0.15, 0.2) is 0 Å². The normalized spacial score (nSPS) is 21.4. The van der Waals surface area contributed by atoms with Crippen molar-refractivity contribution in [3.05, 3.63) is 0 Å². The van der Waals surface area contributed by atoms with Crippen molar-refractivity contribution < 1.29 is 0 Å². The number of hydrogen-bond donors (Lipinski definition) is 1. The van der Waals surface area contributed by atoms with Crippen molar-refractivity contribution >= 4 is 11.8 Å². The van der Waals surface area contributed by atoms with Crippen molar-refractivity contribution in [3.63, 3.8) is 0 Å². The minimum atomic E-state index is 0.776. The minimum Gasteiger partial charge on any atom is -0.314 e. The van der Waals surface area contributed by atoms with Gasteiger partial charge in [0.05, 0.1) is 0 Å². The van der Waals surface area contributed by atoms with Crippen LogP contribution in [0.25, 0.3) is 0 Å². The Morgan fingerprint density at radius 1 is 1.24 bits per heavy atom. The van der Waals surface area contributed by atoms with Crippen LogP contribution in [0.2, 0.25) is 0 Å². The summed E-state index contributed by atoms with van der Waals surface area (Å²) in [4.78, 5) is 0. The average Bonchev–Trinajstić information content (AvgIpc) is 2.37. The SMILES string of the molecule is CCCNC(CC(C)CC)CC1CCSCC1. The molecule has 2 heteroatoms. The second kappa shape index (κ2) is 9.27. The third kappa shape index (κ3) is 6.71. The first-order chi connectivity index (χ1) is 8.26. The Kier molecular flexibility index (Phi) is 8.38. The quantitative estimate of drug-likeness (QED) is 0.695. The lowest BCUT2D eigenvalue weighted by Gasteiger charge is -2.28. The van der Waals surface area contributed by atoms with Gasteiger partial charge < -0.3 is 5.32 Å². The smallest absolute Gasteiger partial charge is 0.00722 e. The van der Waals surface area contributed by atoms with Crippen LogP contribution in [0.4, 0.5) is 0 Å². The molecule has 1 aliphatic heterocycles. The van der Waals surface area contributed by atoms with Gasteiger partial charge in [-0.3, -0.25) is 0 Å². The standard InChI is InChI=1S/C15H31NS/c1-4-8-16-15(11-13(3)5-2)12-14-6-9-17-10-7-14/h13-16H,4-12H2,1-3H3. The minimum absolute atomic E-state index is 0.776. The summed E-state index contributed by atoms with van der Waals surface area (Å²) in [5.41, 5.74) is 0. The lowest BCUT2D eigenvalue weighted by Crippen LogP contribution is -2.34. The number of nitrogens with one attached hydrogen (secondary N) is 1. The lowest BCUT2D eigenvalue weighted by molar-refractivity contribution is 0.315. The molecule has 0 aliphatic carbocycles. The Hall–Kier alpha value is 0.310. The van der Waals surface area contributed by atoms with E-state index < -0.39 is 0 Å². The summed E-state index contributed by atoms with van der Waals surface area (Å²) >= 11 is 2.14. The van der Waals surface area contributed by atoms with Gasteiger partial charge in [0, 0.05) is 6.04 Å². The highest BCUT2D eigenvalue weighted by Crippen LogP contribution is 2.28. The van der Waals surface area contributed by atoms with E-state index >= 15 is 0 Å². The zero-order valence-electron chi connectivity index (χ0n) is 12.0.